The molecule has 0 aromatic carbocycles. The molecule has 4 nitrogen and oxygen atoms in total. The van der Waals surface area contributed by atoms with Crippen molar-refractivity contribution in [2.45, 2.75) is 78.4 Å². The number of hydrogen-bond donors (Lipinski definition) is 0. The van der Waals surface area contributed by atoms with Gasteiger partial charge in [0.15, 0.2) is 0 Å². The van der Waals surface area contributed by atoms with E-state index in [2.05, 4.69) is 0 Å². The third-order valence-electron chi connectivity index (χ3n) is 3.20. The number of rotatable bonds is 0. The molecule has 0 bridgehead atoms. The van der Waals surface area contributed by atoms with Crippen molar-refractivity contribution in [2.24, 2.45) is 5.41 Å². The van der Waals surface area contributed by atoms with Crippen LogP contribution in [-0.4, -0.2) is 18.2 Å². The number of carbonyl (C=O) groups excluding carboxylic acids is 2. The van der Waals surface area contributed by atoms with Crippen LogP contribution in [0.1, 0.15) is 72.1 Å². The van der Waals surface area contributed by atoms with Crippen molar-refractivity contribution in [2.75, 3.05) is 0 Å². The first-order chi connectivity index (χ1) is 8.89. The maximum absolute atomic E-state index is 11.7. The minimum absolute atomic E-state index is 0.271. The summed E-state index contributed by atoms with van der Waals surface area (Å²) in [5.74, 6) is -0.543. The first-order valence-corrected chi connectivity index (χ1v) is 7.28. The second-order valence-corrected chi connectivity index (χ2v) is 6.30. The number of hydrogen-bond acceptors (Lipinski definition) is 4. The van der Waals surface area contributed by atoms with Gasteiger partial charge < -0.3 is 9.47 Å². The Morgan fingerprint density at radius 1 is 0.789 bits per heavy atom. The molecule has 0 aliphatic carbocycles. The van der Waals surface area contributed by atoms with E-state index in [0.29, 0.717) is 12.8 Å². The Balaban J connectivity index is 2.65. The summed E-state index contributed by atoms with van der Waals surface area (Å²) in [5.41, 5.74) is -0.397. The molecule has 0 radical (unpaired) electrons. The lowest BCUT2D eigenvalue weighted by molar-refractivity contribution is -0.207. The SMILES string of the molecule is CC(C)(C)C1OC(=O)CCCCCCCCC(=O)O1. The van der Waals surface area contributed by atoms with Crippen LogP contribution >= 0.6 is 0 Å². The van der Waals surface area contributed by atoms with E-state index in [1.807, 2.05) is 20.8 Å². The smallest absolute Gasteiger partial charge is 0.308 e. The van der Waals surface area contributed by atoms with E-state index >= 15 is 0 Å². The molecule has 0 atom stereocenters. The third kappa shape index (κ3) is 6.60. The minimum atomic E-state index is -0.784. The largest absolute Gasteiger partial charge is 0.425 e. The average molecular weight is 270 g/mol. The summed E-state index contributed by atoms with van der Waals surface area (Å²) in [6.45, 7) is 5.70. The minimum Gasteiger partial charge on any atom is -0.425 e. The molecular formula is C15H26O4. The van der Waals surface area contributed by atoms with Gasteiger partial charge in [0.25, 0.3) is 6.29 Å². The topological polar surface area (TPSA) is 52.6 Å². The van der Waals surface area contributed by atoms with E-state index in [0.717, 1.165) is 38.5 Å². The van der Waals surface area contributed by atoms with Gasteiger partial charge in [-0.3, -0.25) is 9.59 Å². The predicted molar refractivity (Wildman–Crippen MR) is 72.4 cm³/mol. The van der Waals surface area contributed by atoms with Crippen molar-refractivity contribution < 1.29 is 19.1 Å². The van der Waals surface area contributed by atoms with Gasteiger partial charge in [-0.05, 0) is 12.8 Å². The summed E-state index contributed by atoms with van der Waals surface area (Å²) in [5, 5.41) is 0. The molecule has 0 unspecified atom stereocenters. The summed E-state index contributed by atoms with van der Waals surface area (Å²) in [7, 11) is 0. The lowest BCUT2D eigenvalue weighted by Gasteiger charge is -2.29. The molecule has 110 valence electrons. The van der Waals surface area contributed by atoms with E-state index in [1.54, 1.807) is 0 Å². The quantitative estimate of drug-likeness (QED) is 0.631. The van der Waals surface area contributed by atoms with Crippen molar-refractivity contribution in [1.29, 1.82) is 0 Å². The highest BCUT2D eigenvalue weighted by Gasteiger charge is 2.31. The first kappa shape index (κ1) is 16.0. The van der Waals surface area contributed by atoms with Gasteiger partial charge in [-0.2, -0.15) is 0 Å². The fraction of sp³-hybridized carbons (Fsp3) is 0.867. The van der Waals surface area contributed by atoms with Gasteiger partial charge in [0, 0.05) is 18.3 Å². The Morgan fingerprint density at radius 3 is 1.53 bits per heavy atom. The lowest BCUT2D eigenvalue weighted by Crippen LogP contribution is -2.36. The summed E-state index contributed by atoms with van der Waals surface area (Å²) in [6.07, 6.45) is 6.06. The summed E-state index contributed by atoms with van der Waals surface area (Å²) < 4.78 is 10.6. The molecule has 0 aromatic heterocycles. The van der Waals surface area contributed by atoms with Crippen LogP contribution in [0.3, 0.4) is 0 Å². The molecule has 0 N–H and O–H groups in total. The highest BCUT2D eigenvalue weighted by atomic mass is 16.7. The number of ether oxygens (including phenoxy) is 2. The molecule has 1 fully saturated rings. The van der Waals surface area contributed by atoms with Gasteiger partial charge in [-0.1, -0.05) is 46.5 Å². The molecule has 1 heterocycles. The van der Waals surface area contributed by atoms with E-state index < -0.39 is 11.7 Å². The Morgan fingerprint density at radius 2 is 1.16 bits per heavy atom. The van der Waals surface area contributed by atoms with E-state index in [1.165, 1.54) is 0 Å². The van der Waals surface area contributed by atoms with Crippen LogP contribution in [0.15, 0.2) is 0 Å². The standard InChI is InChI=1S/C15H26O4/c1-15(2,3)14-18-12(16)10-8-6-4-5-7-9-11-13(17)19-14/h14H,4-11H2,1-3H3. The molecule has 0 amide bonds. The van der Waals surface area contributed by atoms with Crippen LogP contribution in [0.25, 0.3) is 0 Å². The summed E-state index contributed by atoms with van der Waals surface area (Å²) >= 11 is 0. The zero-order chi connectivity index (χ0) is 14.3. The van der Waals surface area contributed by atoms with E-state index in [-0.39, 0.29) is 11.9 Å². The average Bonchev–Trinajstić information content (AvgIpc) is 2.31. The summed E-state index contributed by atoms with van der Waals surface area (Å²) in [6, 6.07) is 0. The van der Waals surface area contributed by atoms with Crippen LogP contribution in [0.2, 0.25) is 0 Å². The first-order valence-electron chi connectivity index (χ1n) is 7.28. The van der Waals surface area contributed by atoms with Crippen molar-refractivity contribution in [1.82, 2.24) is 0 Å². The summed E-state index contributed by atoms with van der Waals surface area (Å²) in [4.78, 5) is 23.5. The Bertz CT molecular complexity index is 280. The normalized spacial score (nSPS) is 21.6. The fourth-order valence-corrected chi connectivity index (χ4v) is 1.98. The maximum Gasteiger partial charge on any atom is 0.308 e. The van der Waals surface area contributed by atoms with Crippen molar-refractivity contribution in [3.8, 4) is 0 Å². The van der Waals surface area contributed by atoms with Crippen molar-refractivity contribution in [3.05, 3.63) is 0 Å². The molecule has 1 saturated heterocycles. The molecule has 1 aliphatic rings. The number of carbonyl (C=O) groups is 2. The molecule has 19 heavy (non-hydrogen) atoms. The Hall–Kier alpha value is -1.06. The molecule has 1 aliphatic heterocycles. The molecular weight excluding hydrogens is 244 g/mol. The van der Waals surface area contributed by atoms with Crippen molar-refractivity contribution in [3.63, 3.8) is 0 Å². The lowest BCUT2D eigenvalue weighted by atomic mass is 9.96. The van der Waals surface area contributed by atoms with Crippen LogP contribution in [0.4, 0.5) is 0 Å². The van der Waals surface area contributed by atoms with Crippen LogP contribution in [0, 0.1) is 5.41 Å². The van der Waals surface area contributed by atoms with Gasteiger partial charge in [0.2, 0.25) is 0 Å². The Labute approximate surface area is 115 Å². The van der Waals surface area contributed by atoms with Gasteiger partial charge in [0.05, 0.1) is 0 Å². The number of esters is 2. The molecule has 0 aromatic rings. The molecule has 4 heteroatoms. The van der Waals surface area contributed by atoms with E-state index in [4.69, 9.17) is 9.47 Å². The van der Waals surface area contributed by atoms with Crippen molar-refractivity contribution >= 4 is 11.9 Å². The molecule has 0 saturated carbocycles. The van der Waals surface area contributed by atoms with Crippen LogP contribution in [0.5, 0.6) is 0 Å². The second-order valence-electron chi connectivity index (χ2n) is 6.30. The highest BCUT2D eigenvalue weighted by Crippen LogP contribution is 2.25. The molecule has 1 rings (SSSR count). The maximum atomic E-state index is 11.7. The predicted octanol–water partition coefficient (Wildman–Crippen LogP) is 3.58. The zero-order valence-electron chi connectivity index (χ0n) is 12.4. The van der Waals surface area contributed by atoms with Gasteiger partial charge in [0.1, 0.15) is 0 Å². The van der Waals surface area contributed by atoms with Crippen LogP contribution in [-0.2, 0) is 19.1 Å². The van der Waals surface area contributed by atoms with Crippen LogP contribution < -0.4 is 0 Å². The highest BCUT2D eigenvalue weighted by molar-refractivity contribution is 5.71. The number of cyclic esters (lactones) is 2. The van der Waals surface area contributed by atoms with Gasteiger partial charge in [-0.25, -0.2) is 0 Å². The van der Waals surface area contributed by atoms with Gasteiger partial charge in [-0.15, -0.1) is 0 Å². The zero-order valence-corrected chi connectivity index (χ0v) is 12.4. The third-order valence-corrected chi connectivity index (χ3v) is 3.20. The molecule has 0 spiro atoms. The fourth-order valence-electron chi connectivity index (χ4n) is 1.98. The Kier molecular flexibility index (Phi) is 6.32. The van der Waals surface area contributed by atoms with E-state index in [9.17, 15) is 9.59 Å². The monoisotopic (exact) mass is 270 g/mol. The second kappa shape index (κ2) is 7.51. The van der Waals surface area contributed by atoms with Gasteiger partial charge >= 0.3 is 11.9 Å².